The first kappa shape index (κ1) is 13.2. The molecule has 1 aromatic rings. The fourth-order valence-electron chi connectivity index (χ4n) is 2.30. The van der Waals surface area contributed by atoms with Crippen molar-refractivity contribution in [3.63, 3.8) is 0 Å². The summed E-state index contributed by atoms with van der Waals surface area (Å²) in [5.41, 5.74) is 2.44. The van der Waals surface area contributed by atoms with Gasteiger partial charge in [-0.1, -0.05) is 36.6 Å². The van der Waals surface area contributed by atoms with E-state index in [2.05, 4.69) is 30.9 Å². The van der Waals surface area contributed by atoms with E-state index >= 15 is 0 Å². The van der Waals surface area contributed by atoms with Gasteiger partial charge in [0.25, 0.3) is 0 Å². The van der Waals surface area contributed by atoms with Gasteiger partial charge in [0.1, 0.15) is 0 Å². The Bertz CT molecular complexity index is 414. The highest BCUT2D eigenvalue weighted by molar-refractivity contribution is 6.51. The van der Waals surface area contributed by atoms with Gasteiger partial charge in [-0.2, -0.15) is 0 Å². The summed E-state index contributed by atoms with van der Waals surface area (Å²) >= 11 is 0. The largest absolute Gasteiger partial charge is 0.340 e. The van der Waals surface area contributed by atoms with Crippen LogP contribution >= 0.6 is 0 Å². The summed E-state index contributed by atoms with van der Waals surface area (Å²) < 4.78 is 0. The van der Waals surface area contributed by atoms with Crippen LogP contribution in [0, 0.1) is 0 Å². The zero-order valence-electron chi connectivity index (χ0n) is 11.4. The highest BCUT2D eigenvalue weighted by Gasteiger charge is 2.18. The molecule has 0 radical (unpaired) electrons. The van der Waals surface area contributed by atoms with Crippen LogP contribution in [0.3, 0.4) is 0 Å². The zero-order valence-corrected chi connectivity index (χ0v) is 11.4. The molecular weight excluding hydrogens is 223 g/mol. The Kier molecular flexibility index (Phi) is 4.42. The Morgan fingerprint density at radius 1 is 1.28 bits per heavy atom. The third-order valence-electron chi connectivity index (χ3n) is 3.61. The maximum absolute atomic E-state index is 12.2. The summed E-state index contributed by atoms with van der Waals surface area (Å²) in [5, 5.41) is 0. The second-order valence-corrected chi connectivity index (χ2v) is 5.03. The lowest BCUT2D eigenvalue weighted by Crippen LogP contribution is -2.47. The van der Waals surface area contributed by atoms with Crippen molar-refractivity contribution in [2.75, 3.05) is 33.2 Å². The van der Waals surface area contributed by atoms with Crippen molar-refractivity contribution < 1.29 is 4.79 Å². The molecule has 0 aliphatic carbocycles. The van der Waals surface area contributed by atoms with Gasteiger partial charge in [0.15, 0.2) is 7.28 Å². The number of benzene rings is 1. The molecule has 0 N–H and O–H groups in total. The van der Waals surface area contributed by atoms with Crippen LogP contribution in [0.15, 0.2) is 24.3 Å². The molecule has 1 aliphatic rings. The van der Waals surface area contributed by atoms with Crippen LogP contribution in [-0.2, 0) is 11.2 Å². The second-order valence-electron chi connectivity index (χ2n) is 5.03. The molecule has 1 heterocycles. The lowest BCUT2D eigenvalue weighted by Gasteiger charge is -2.32. The second kappa shape index (κ2) is 6.05. The maximum Gasteiger partial charge on any atom is 0.227 e. The van der Waals surface area contributed by atoms with Crippen LogP contribution < -0.4 is 5.46 Å². The monoisotopic (exact) mass is 244 g/mol. The Labute approximate surface area is 110 Å². The molecule has 0 saturated carbocycles. The Morgan fingerprint density at radius 2 is 2.00 bits per heavy atom. The van der Waals surface area contributed by atoms with Crippen LogP contribution in [0.5, 0.6) is 0 Å². The normalized spacial score (nSPS) is 16.7. The number of hydrogen-bond donors (Lipinski definition) is 0. The van der Waals surface area contributed by atoms with Gasteiger partial charge in [-0.3, -0.25) is 4.79 Å². The minimum absolute atomic E-state index is 0.261. The molecule has 3 nitrogen and oxygen atoms in total. The van der Waals surface area contributed by atoms with E-state index in [0.717, 1.165) is 39.0 Å². The van der Waals surface area contributed by atoms with Crippen LogP contribution in [0.25, 0.3) is 0 Å². The lowest BCUT2D eigenvalue weighted by molar-refractivity contribution is -0.132. The van der Waals surface area contributed by atoms with Gasteiger partial charge in [0, 0.05) is 26.2 Å². The number of carbonyl (C=O) groups is 1. The average molecular weight is 244 g/mol. The fraction of sp³-hybridized carbons (Fsp3) is 0.500. The van der Waals surface area contributed by atoms with E-state index in [1.54, 1.807) is 0 Å². The van der Waals surface area contributed by atoms with Crippen molar-refractivity contribution in [2.24, 2.45) is 0 Å². The van der Waals surface area contributed by atoms with E-state index in [-0.39, 0.29) is 5.91 Å². The predicted molar refractivity (Wildman–Crippen MR) is 76.9 cm³/mol. The van der Waals surface area contributed by atoms with Crippen LogP contribution in [0.2, 0.25) is 6.82 Å². The van der Waals surface area contributed by atoms with Crippen molar-refractivity contribution >= 4 is 18.6 Å². The van der Waals surface area contributed by atoms with Gasteiger partial charge < -0.3 is 9.80 Å². The smallest absolute Gasteiger partial charge is 0.227 e. The number of rotatable bonds is 3. The fourth-order valence-corrected chi connectivity index (χ4v) is 2.30. The van der Waals surface area contributed by atoms with Crippen molar-refractivity contribution in [3.8, 4) is 0 Å². The standard InChI is InChI=1S/C14H21BN2O/c1-15-13-5-3-4-12(10-13)11-14(18)17-8-6-16(2)7-9-17/h3-5,10,15H,6-9,11H2,1-2H3. The Balaban J connectivity index is 1.94. The van der Waals surface area contributed by atoms with E-state index in [9.17, 15) is 4.79 Å². The van der Waals surface area contributed by atoms with Crippen LogP contribution in [0.4, 0.5) is 0 Å². The number of nitrogens with zero attached hydrogens (tertiary/aromatic N) is 2. The zero-order chi connectivity index (χ0) is 13.0. The summed E-state index contributed by atoms with van der Waals surface area (Å²) in [4.78, 5) is 16.4. The van der Waals surface area contributed by atoms with E-state index in [1.807, 2.05) is 17.0 Å². The molecule has 1 amide bonds. The minimum atomic E-state index is 0.261. The number of piperazine rings is 1. The first-order valence-corrected chi connectivity index (χ1v) is 6.73. The van der Waals surface area contributed by atoms with Gasteiger partial charge >= 0.3 is 0 Å². The molecule has 0 spiro atoms. The Morgan fingerprint density at radius 3 is 2.67 bits per heavy atom. The number of hydrogen-bond acceptors (Lipinski definition) is 2. The molecule has 1 aromatic carbocycles. The predicted octanol–water partition coefficient (Wildman–Crippen LogP) is 0.113. The molecule has 1 fully saturated rings. The first-order chi connectivity index (χ1) is 8.69. The van der Waals surface area contributed by atoms with Gasteiger partial charge in [0.05, 0.1) is 6.42 Å². The van der Waals surface area contributed by atoms with Crippen LogP contribution in [0.1, 0.15) is 5.56 Å². The average Bonchev–Trinajstić information content (AvgIpc) is 2.39. The first-order valence-electron chi connectivity index (χ1n) is 6.73. The van der Waals surface area contributed by atoms with Crippen molar-refractivity contribution in [2.45, 2.75) is 13.2 Å². The Hall–Kier alpha value is -1.29. The third-order valence-corrected chi connectivity index (χ3v) is 3.61. The van der Waals surface area contributed by atoms with E-state index in [1.165, 1.54) is 5.46 Å². The van der Waals surface area contributed by atoms with E-state index in [0.29, 0.717) is 6.42 Å². The molecule has 0 bridgehead atoms. The quantitative estimate of drug-likeness (QED) is 0.705. The minimum Gasteiger partial charge on any atom is -0.340 e. The molecule has 18 heavy (non-hydrogen) atoms. The van der Waals surface area contributed by atoms with Gasteiger partial charge in [-0.25, -0.2) is 0 Å². The third kappa shape index (κ3) is 3.36. The SMILES string of the molecule is CBc1cccc(CC(=O)N2CCN(C)CC2)c1. The van der Waals surface area contributed by atoms with Crippen molar-refractivity contribution in [1.82, 2.24) is 9.80 Å². The number of carbonyl (C=O) groups excluding carboxylic acids is 1. The molecule has 4 heteroatoms. The number of likely N-dealkylation sites (N-methyl/N-ethyl adjacent to an activating group) is 1. The van der Waals surface area contributed by atoms with E-state index < -0.39 is 0 Å². The highest BCUT2D eigenvalue weighted by atomic mass is 16.2. The number of amides is 1. The summed E-state index contributed by atoms with van der Waals surface area (Å²) in [6.45, 7) is 5.84. The highest BCUT2D eigenvalue weighted by Crippen LogP contribution is 2.05. The lowest BCUT2D eigenvalue weighted by atomic mass is 9.73. The molecule has 0 atom stereocenters. The van der Waals surface area contributed by atoms with Crippen LogP contribution in [-0.4, -0.2) is 56.2 Å². The molecule has 1 aliphatic heterocycles. The van der Waals surface area contributed by atoms with Gasteiger partial charge in [0.2, 0.25) is 5.91 Å². The molecule has 96 valence electrons. The molecule has 2 rings (SSSR count). The molecular formula is C14H21BN2O. The van der Waals surface area contributed by atoms with Crippen molar-refractivity contribution in [1.29, 1.82) is 0 Å². The van der Waals surface area contributed by atoms with Gasteiger partial charge in [-0.05, 0) is 12.6 Å². The summed E-state index contributed by atoms with van der Waals surface area (Å²) in [6.07, 6.45) is 0.539. The summed E-state index contributed by atoms with van der Waals surface area (Å²) in [7, 11) is 3.13. The molecule has 1 saturated heterocycles. The van der Waals surface area contributed by atoms with E-state index in [4.69, 9.17) is 0 Å². The summed E-state index contributed by atoms with van der Waals surface area (Å²) in [6, 6.07) is 8.36. The summed E-state index contributed by atoms with van der Waals surface area (Å²) in [5.74, 6) is 0.261. The topological polar surface area (TPSA) is 23.6 Å². The molecule has 0 unspecified atom stereocenters. The van der Waals surface area contributed by atoms with Gasteiger partial charge in [-0.15, -0.1) is 0 Å². The maximum atomic E-state index is 12.2. The molecule has 0 aromatic heterocycles. The van der Waals surface area contributed by atoms with Crippen molar-refractivity contribution in [3.05, 3.63) is 29.8 Å².